The molecule has 164 valence electrons. The van der Waals surface area contributed by atoms with Crippen molar-refractivity contribution in [1.29, 1.82) is 0 Å². The number of aliphatic hydroxyl groups excluding tert-OH is 1. The molecule has 2 unspecified atom stereocenters. The number of benzene rings is 1. The van der Waals surface area contributed by atoms with Crippen LogP contribution in [0.15, 0.2) is 65.6 Å². The highest BCUT2D eigenvalue weighted by Gasteiger charge is 2.19. The van der Waals surface area contributed by atoms with E-state index in [0.717, 1.165) is 24.0 Å². The van der Waals surface area contributed by atoms with E-state index in [1.54, 1.807) is 22.1 Å². The summed E-state index contributed by atoms with van der Waals surface area (Å²) in [5, 5.41) is 12.7. The Bertz CT molecular complexity index is 1210. The van der Waals surface area contributed by atoms with E-state index in [4.69, 9.17) is 4.74 Å². The molecule has 3 heterocycles. The van der Waals surface area contributed by atoms with Crippen molar-refractivity contribution in [1.82, 2.24) is 14.0 Å². The van der Waals surface area contributed by atoms with Gasteiger partial charge in [-0.15, -0.1) is 0 Å². The van der Waals surface area contributed by atoms with E-state index in [2.05, 4.69) is 10.3 Å². The van der Waals surface area contributed by atoms with Gasteiger partial charge in [0.05, 0.1) is 19.2 Å². The minimum absolute atomic E-state index is 0. The molecule has 0 radical (unpaired) electrons. The van der Waals surface area contributed by atoms with Crippen LogP contribution in [0.4, 0.5) is 0 Å². The Labute approximate surface area is 186 Å². The molecule has 0 saturated heterocycles. The number of rotatable bonds is 8. The fourth-order valence-corrected chi connectivity index (χ4v) is 3.85. The lowest BCUT2D eigenvalue weighted by Crippen LogP contribution is -3.00. The molecule has 4 aromatic rings. The molecule has 0 fully saturated rings. The fraction of sp³-hybridized carbons (Fsp3) is 0.304. The predicted molar refractivity (Wildman–Crippen MR) is 116 cm³/mol. The molecule has 0 bridgehead atoms. The molecule has 7 nitrogen and oxygen atoms in total. The first-order valence-corrected chi connectivity index (χ1v) is 10.2. The topological polar surface area (TPSA) is 85.4 Å². The van der Waals surface area contributed by atoms with Gasteiger partial charge in [0, 0.05) is 25.2 Å². The van der Waals surface area contributed by atoms with Crippen LogP contribution in [0.3, 0.4) is 0 Å². The van der Waals surface area contributed by atoms with Crippen LogP contribution in [0.25, 0.3) is 16.7 Å². The summed E-state index contributed by atoms with van der Waals surface area (Å²) in [7, 11) is 1.58. The zero-order valence-corrected chi connectivity index (χ0v) is 18.4. The van der Waals surface area contributed by atoms with Gasteiger partial charge in [-0.05, 0) is 30.7 Å². The van der Waals surface area contributed by atoms with Crippen molar-refractivity contribution in [3.63, 3.8) is 0 Å². The Hall–Kier alpha value is -2.87. The molecule has 0 aliphatic rings. The monoisotopic (exact) mass is 442 g/mol. The average molecular weight is 443 g/mol. The summed E-state index contributed by atoms with van der Waals surface area (Å²) in [4.78, 5) is 17.6. The van der Waals surface area contributed by atoms with Crippen molar-refractivity contribution in [3.8, 4) is 5.88 Å². The summed E-state index contributed by atoms with van der Waals surface area (Å²) in [6.45, 7) is 3.40. The third kappa shape index (κ3) is 4.58. The molecule has 3 aromatic heterocycles. The molecule has 0 aliphatic heterocycles. The van der Waals surface area contributed by atoms with Crippen LogP contribution in [0, 0.1) is 0 Å². The highest BCUT2D eigenvalue weighted by molar-refractivity contribution is 5.75. The maximum Gasteiger partial charge on any atom is 0.275 e. The summed E-state index contributed by atoms with van der Waals surface area (Å²) >= 11 is 0. The number of hydrogen-bond acceptors (Lipinski definition) is 4. The van der Waals surface area contributed by atoms with Gasteiger partial charge >= 0.3 is 0 Å². The van der Waals surface area contributed by atoms with Crippen LogP contribution in [0.2, 0.25) is 0 Å². The number of quaternary nitrogens is 1. The zero-order chi connectivity index (χ0) is 21.1. The molecule has 0 spiro atoms. The molecule has 1 aromatic carbocycles. The van der Waals surface area contributed by atoms with Gasteiger partial charge < -0.3 is 32.1 Å². The highest BCUT2D eigenvalue weighted by atomic mass is 35.5. The Morgan fingerprint density at radius 3 is 2.61 bits per heavy atom. The number of hydrogen-bond donors (Lipinski definition) is 2. The molecular formula is C23H27ClN4O3. The first-order valence-electron chi connectivity index (χ1n) is 10.2. The first kappa shape index (κ1) is 22.8. The number of halogens is 1. The second kappa shape index (κ2) is 9.96. The number of aromatic nitrogens is 3. The molecule has 0 amide bonds. The second-order valence-corrected chi connectivity index (χ2v) is 7.51. The van der Waals surface area contributed by atoms with Gasteiger partial charge in [0.25, 0.3) is 5.56 Å². The number of fused-ring (bicyclic) bond motifs is 3. The SMILES string of the molecule is COc1ccc2c(n1)n1cccc1c(=O)n2CCC[NH2+]C(C)C(O)c1ccccc1.[Cl-]. The Morgan fingerprint density at radius 1 is 1.10 bits per heavy atom. The maximum atomic E-state index is 13.0. The van der Waals surface area contributed by atoms with Crippen LogP contribution in [0.1, 0.15) is 25.0 Å². The van der Waals surface area contributed by atoms with Crippen LogP contribution in [0.5, 0.6) is 5.88 Å². The largest absolute Gasteiger partial charge is 1.00 e. The standard InChI is InChI=1S/C23H26N4O3.ClH/c1-16(21(28)17-8-4-3-5-9-17)24-13-7-15-27-18-11-12-20(30-2)25-22(18)26-14-6-10-19(26)23(27)29;/h3-6,8-12,14,16,21,24,28H,7,13,15H2,1-2H3;1H. The van der Waals surface area contributed by atoms with Gasteiger partial charge in [0.15, 0.2) is 5.65 Å². The molecule has 31 heavy (non-hydrogen) atoms. The molecule has 0 saturated carbocycles. The number of ether oxygens (including phenoxy) is 1. The summed E-state index contributed by atoms with van der Waals surface area (Å²) in [6.07, 6.45) is 2.11. The molecule has 4 rings (SSSR count). The van der Waals surface area contributed by atoms with Crippen LogP contribution < -0.4 is 28.0 Å². The molecule has 3 N–H and O–H groups in total. The van der Waals surface area contributed by atoms with Crippen LogP contribution in [-0.2, 0) is 6.54 Å². The minimum atomic E-state index is -0.525. The number of aryl methyl sites for hydroxylation is 1. The van der Waals surface area contributed by atoms with E-state index in [9.17, 15) is 9.90 Å². The van der Waals surface area contributed by atoms with Gasteiger partial charge in [-0.3, -0.25) is 9.20 Å². The third-order valence-electron chi connectivity index (χ3n) is 5.53. The van der Waals surface area contributed by atoms with E-state index in [0.29, 0.717) is 23.6 Å². The van der Waals surface area contributed by atoms with Gasteiger partial charge in [0.2, 0.25) is 5.88 Å². The smallest absolute Gasteiger partial charge is 0.275 e. The summed E-state index contributed by atoms with van der Waals surface area (Å²) in [5.41, 5.74) is 2.96. The molecule has 2 atom stereocenters. The molecule has 0 aliphatic carbocycles. The summed E-state index contributed by atoms with van der Waals surface area (Å²) in [5.74, 6) is 0.514. The van der Waals surface area contributed by atoms with E-state index >= 15 is 0 Å². The minimum Gasteiger partial charge on any atom is -1.00 e. The van der Waals surface area contributed by atoms with Crippen LogP contribution >= 0.6 is 0 Å². The third-order valence-corrected chi connectivity index (χ3v) is 5.53. The molecular weight excluding hydrogens is 416 g/mol. The Balaban J connectivity index is 0.00000272. The normalized spacial score (nSPS) is 13.1. The second-order valence-electron chi connectivity index (χ2n) is 7.51. The number of aliphatic hydroxyl groups is 1. The van der Waals surface area contributed by atoms with E-state index in [1.165, 1.54) is 0 Å². The Kier molecular flexibility index (Phi) is 7.33. The predicted octanol–water partition coefficient (Wildman–Crippen LogP) is -1.26. The maximum absolute atomic E-state index is 13.0. The number of nitrogens with two attached hydrogens (primary N) is 1. The van der Waals surface area contributed by atoms with Gasteiger partial charge in [0.1, 0.15) is 17.7 Å². The molecule has 8 heteroatoms. The lowest BCUT2D eigenvalue weighted by Gasteiger charge is -2.18. The Morgan fingerprint density at radius 2 is 1.87 bits per heavy atom. The van der Waals surface area contributed by atoms with Crippen molar-refractivity contribution in [2.75, 3.05) is 13.7 Å². The zero-order valence-electron chi connectivity index (χ0n) is 17.6. The van der Waals surface area contributed by atoms with Gasteiger partial charge in [-0.25, -0.2) is 0 Å². The summed E-state index contributed by atoms with van der Waals surface area (Å²) < 4.78 is 8.85. The number of pyridine rings is 1. The number of nitrogens with zero attached hydrogens (tertiary/aromatic N) is 3. The van der Waals surface area contributed by atoms with Crippen molar-refractivity contribution in [3.05, 3.63) is 76.7 Å². The van der Waals surface area contributed by atoms with E-state index in [-0.39, 0.29) is 24.0 Å². The van der Waals surface area contributed by atoms with Gasteiger partial charge in [-0.2, -0.15) is 4.98 Å². The van der Waals surface area contributed by atoms with Crippen molar-refractivity contribution < 1.29 is 27.6 Å². The van der Waals surface area contributed by atoms with Crippen molar-refractivity contribution in [2.24, 2.45) is 0 Å². The average Bonchev–Trinajstić information content (AvgIpc) is 3.28. The highest BCUT2D eigenvalue weighted by Crippen LogP contribution is 2.18. The summed E-state index contributed by atoms with van der Waals surface area (Å²) in [6, 6.07) is 17.0. The van der Waals surface area contributed by atoms with Crippen molar-refractivity contribution in [2.45, 2.75) is 32.0 Å². The van der Waals surface area contributed by atoms with E-state index < -0.39 is 6.10 Å². The van der Waals surface area contributed by atoms with E-state index in [1.807, 2.05) is 61.7 Å². The lowest BCUT2D eigenvalue weighted by atomic mass is 10.0. The lowest BCUT2D eigenvalue weighted by molar-refractivity contribution is -0.694. The van der Waals surface area contributed by atoms with Crippen molar-refractivity contribution >= 4 is 16.7 Å². The quantitative estimate of drug-likeness (QED) is 0.333. The number of methoxy groups -OCH3 is 1. The van der Waals surface area contributed by atoms with Gasteiger partial charge in [-0.1, -0.05) is 30.3 Å². The fourth-order valence-electron chi connectivity index (χ4n) is 3.85. The van der Waals surface area contributed by atoms with Crippen LogP contribution in [-0.4, -0.2) is 38.8 Å². The first-order chi connectivity index (χ1) is 14.6.